The van der Waals surface area contributed by atoms with Crippen LogP contribution in [-0.2, 0) is 0 Å². The van der Waals surface area contributed by atoms with Gasteiger partial charge >= 0.3 is 0 Å². The highest BCUT2D eigenvalue weighted by Crippen LogP contribution is 2.32. The van der Waals surface area contributed by atoms with Crippen molar-refractivity contribution in [1.29, 1.82) is 0 Å². The summed E-state index contributed by atoms with van der Waals surface area (Å²) in [6, 6.07) is 0. The summed E-state index contributed by atoms with van der Waals surface area (Å²) in [5.41, 5.74) is 13.5. The highest BCUT2D eigenvalue weighted by atomic mass is 15.3. The van der Waals surface area contributed by atoms with Crippen LogP contribution in [0.5, 0.6) is 0 Å². The van der Waals surface area contributed by atoms with E-state index in [4.69, 9.17) is 11.5 Å². The van der Waals surface area contributed by atoms with Gasteiger partial charge in [-0.15, -0.1) is 0 Å². The largest absolute Gasteiger partial charge is 0.368 e. The molecule has 0 radical (unpaired) electrons. The second-order valence-electron chi connectivity index (χ2n) is 6.60. The van der Waals surface area contributed by atoms with Crippen LogP contribution in [0.15, 0.2) is 0 Å². The number of rotatable bonds is 2. The fourth-order valence-electron chi connectivity index (χ4n) is 3.67. The third-order valence-electron chi connectivity index (χ3n) is 4.85. The summed E-state index contributed by atoms with van der Waals surface area (Å²) < 4.78 is 0. The lowest BCUT2D eigenvalue weighted by Crippen LogP contribution is -2.32. The van der Waals surface area contributed by atoms with Gasteiger partial charge in [0.15, 0.2) is 11.6 Å². The molecule has 2 aliphatic rings. The summed E-state index contributed by atoms with van der Waals surface area (Å²) >= 11 is 0. The molecule has 8 heteroatoms. The predicted octanol–water partition coefficient (Wildman–Crippen LogP) is 1.56. The van der Waals surface area contributed by atoms with E-state index < -0.39 is 0 Å². The highest BCUT2D eigenvalue weighted by Gasteiger charge is 2.23. The smallest absolute Gasteiger partial charge is 0.222 e. The molecular formula is C16H24N8. The molecule has 0 bridgehead atoms. The number of anilines is 4. The van der Waals surface area contributed by atoms with Crippen molar-refractivity contribution in [2.24, 2.45) is 0 Å². The van der Waals surface area contributed by atoms with Gasteiger partial charge in [0.1, 0.15) is 11.0 Å². The summed E-state index contributed by atoms with van der Waals surface area (Å²) in [7, 11) is 0. The maximum absolute atomic E-state index is 6.01. The van der Waals surface area contributed by atoms with Crippen molar-refractivity contribution >= 4 is 34.6 Å². The first-order valence-electron chi connectivity index (χ1n) is 8.83. The van der Waals surface area contributed by atoms with E-state index in [0.717, 1.165) is 74.5 Å². The van der Waals surface area contributed by atoms with Crippen LogP contribution in [0.25, 0.3) is 11.0 Å². The van der Waals surface area contributed by atoms with Gasteiger partial charge in [0.25, 0.3) is 0 Å². The number of nitrogens with zero attached hydrogens (tertiary/aromatic N) is 6. The molecule has 2 aromatic heterocycles. The second-order valence-corrected chi connectivity index (χ2v) is 6.60. The van der Waals surface area contributed by atoms with Crippen LogP contribution < -0.4 is 21.3 Å². The van der Waals surface area contributed by atoms with Crippen LogP contribution in [0.4, 0.5) is 23.5 Å². The average Bonchev–Trinajstić information content (AvgIpc) is 2.62. The number of fused-ring (bicyclic) bond motifs is 1. The lowest BCUT2D eigenvalue weighted by atomic mass is 10.1. The van der Waals surface area contributed by atoms with Crippen molar-refractivity contribution in [3.8, 4) is 0 Å². The zero-order valence-electron chi connectivity index (χ0n) is 13.9. The Morgan fingerprint density at radius 2 is 0.917 bits per heavy atom. The molecule has 0 aromatic carbocycles. The van der Waals surface area contributed by atoms with Gasteiger partial charge in [-0.2, -0.15) is 9.97 Å². The normalized spacial score (nSPS) is 19.0. The number of hydrogen-bond donors (Lipinski definition) is 2. The molecule has 4 rings (SSSR count). The third-order valence-corrected chi connectivity index (χ3v) is 4.85. The van der Waals surface area contributed by atoms with Crippen LogP contribution in [0, 0.1) is 0 Å². The SMILES string of the molecule is Nc1nc(N2CCCCC2)c2nc(N)nc(N3CCCCC3)c2n1. The lowest BCUT2D eigenvalue weighted by molar-refractivity contribution is 0.572. The van der Waals surface area contributed by atoms with Gasteiger partial charge < -0.3 is 21.3 Å². The Bertz CT molecular complexity index is 671. The molecule has 4 N–H and O–H groups in total. The van der Waals surface area contributed by atoms with Crippen LogP contribution in [-0.4, -0.2) is 46.1 Å². The first-order valence-corrected chi connectivity index (χ1v) is 8.83. The highest BCUT2D eigenvalue weighted by molar-refractivity contribution is 5.94. The minimum Gasteiger partial charge on any atom is -0.368 e. The van der Waals surface area contributed by atoms with Crippen molar-refractivity contribution in [3.05, 3.63) is 0 Å². The van der Waals surface area contributed by atoms with Gasteiger partial charge in [-0.3, -0.25) is 0 Å². The maximum Gasteiger partial charge on any atom is 0.222 e. The zero-order chi connectivity index (χ0) is 16.5. The Kier molecular flexibility index (Phi) is 3.95. The molecule has 0 atom stereocenters. The Balaban J connectivity index is 1.86. The van der Waals surface area contributed by atoms with Crippen LogP contribution in [0.1, 0.15) is 38.5 Å². The number of aromatic nitrogens is 4. The summed E-state index contributed by atoms with van der Waals surface area (Å²) in [6.07, 6.45) is 7.14. The molecule has 2 fully saturated rings. The Labute approximate surface area is 141 Å². The standard InChI is InChI=1S/C16H24N8/c17-15-20-12-11(13(21-15)23-7-3-1-4-8-23)19-16(18)22-14(12)24-9-5-2-6-10-24/h1-10H2,(H2,17,20,21)(H2,18,19,22). The van der Waals surface area contributed by atoms with E-state index >= 15 is 0 Å². The summed E-state index contributed by atoms with van der Waals surface area (Å²) in [5.74, 6) is 2.14. The zero-order valence-corrected chi connectivity index (χ0v) is 13.9. The first kappa shape index (κ1) is 15.2. The molecule has 0 spiro atoms. The molecule has 2 aliphatic heterocycles. The van der Waals surface area contributed by atoms with Crippen molar-refractivity contribution < 1.29 is 0 Å². The number of nitrogens with two attached hydrogens (primary N) is 2. The third kappa shape index (κ3) is 2.76. The molecule has 0 unspecified atom stereocenters. The van der Waals surface area contributed by atoms with Crippen LogP contribution >= 0.6 is 0 Å². The van der Waals surface area contributed by atoms with Crippen LogP contribution in [0.2, 0.25) is 0 Å². The van der Waals surface area contributed by atoms with Gasteiger partial charge in [-0.05, 0) is 38.5 Å². The lowest BCUT2D eigenvalue weighted by Gasteiger charge is -2.30. The monoisotopic (exact) mass is 328 g/mol. The predicted molar refractivity (Wildman–Crippen MR) is 96.1 cm³/mol. The topological polar surface area (TPSA) is 110 Å². The van der Waals surface area contributed by atoms with E-state index in [1.54, 1.807) is 0 Å². The maximum atomic E-state index is 6.01. The molecule has 8 nitrogen and oxygen atoms in total. The van der Waals surface area contributed by atoms with Crippen molar-refractivity contribution in [2.75, 3.05) is 47.4 Å². The van der Waals surface area contributed by atoms with E-state index in [1.807, 2.05) is 0 Å². The number of hydrogen-bond acceptors (Lipinski definition) is 8. The summed E-state index contributed by atoms with van der Waals surface area (Å²) in [6.45, 7) is 3.87. The fraction of sp³-hybridized carbons (Fsp3) is 0.625. The minimum absolute atomic E-state index is 0.273. The molecule has 0 aliphatic carbocycles. The average molecular weight is 328 g/mol. The fourth-order valence-corrected chi connectivity index (χ4v) is 3.67. The molecular weight excluding hydrogens is 304 g/mol. The molecule has 24 heavy (non-hydrogen) atoms. The van der Waals surface area contributed by atoms with Crippen molar-refractivity contribution in [2.45, 2.75) is 38.5 Å². The van der Waals surface area contributed by atoms with E-state index in [9.17, 15) is 0 Å². The van der Waals surface area contributed by atoms with Gasteiger partial charge in [-0.25, -0.2) is 9.97 Å². The summed E-state index contributed by atoms with van der Waals surface area (Å²) in [5, 5.41) is 0. The summed E-state index contributed by atoms with van der Waals surface area (Å²) in [4.78, 5) is 22.4. The van der Waals surface area contributed by atoms with Gasteiger partial charge in [-0.1, -0.05) is 0 Å². The van der Waals surface area contributed by atoms with E-state index in [2.05, 4.69) is 29.7 Å². The first-order chi connectivity index (χ1) is 11.7. The van der Waals surface area contributed by atoms with Crippen molar-refractivity contribution in [3.63, 3.8) is 0 Å². The van der Waals surface area contributed by atoms with Crippen molar-refractivity contribution in [1.82, 2.24) is 19.9 Å². The number of piperidine rings is 2. The second kappa shape index (κ2) is 6.26. The van der Waals surface area contributed by atoms with Crippen LogP contribution in [0.3, 0.4) is 0 Å². The van der Waals surface area contributed by atoms with E-state index in [1.165, 1.54) is 12.8 Å². The van der Waals surface area contributed by atoms with Gasteiger partial charge in [0.2, 0.25) is 11.9 Å². The minimum atomic E-state index is 0.273. The Morgan fingerprint density at radius 1 is 0.542 bits per heavy atom. The molecule has 128 valence electrons. The quantitative estimate of drug-likeness (QED) is 0.854. The van der Waals surface area contributed by atoms with Gasteiger partial charge in [0, 0.05) is 26.2 Å². The molecule has 4 heterocycles. The van der Waals surface area contributed by atoms with E-state index in [-0.39, 0.29) is 11.9 Å². The molecule has 2 aromatic rings. The Hall–Kier alpha value is -2.38. The Morgan fingerprint density at radius 3 is 1.29 bits per heavy atom. The molecule has 2 saturated heterocycles. The number of nitrogen functional groups attached to an aromatic ring is 2. The molecule has 0 amide bonds. The molecule has 0 saturated carbocycles. The van der Waals surface area contributed by atoms with Gasteiger partial charge in [0.05, 0.1) is 0 Å². The van der Waals surface area contributed by atoms with E-state index in [0.29, 0.717) is 0 Å².